The first-order valence-electron chi connectivity index (χ1n) is 5.85. The summed E-state index contributed by atoms with van der Waals surface area (Å²) in [6.07, 6.45) is 1.15. The lowest BCUT2D eigenvalue weighted by molar-refractivity contribution is -0.142. The second-order valence-electron chi connectivity index (χ2n) is 4.36. The predicted molar refractivity (Wildman–Crippen MR) is 68.4 cm³/mol. The molecule has 1 atom stereocenters. The summed E-state index contributed by atoms with van der Waals surface area (Å²) in [7, 11) is 0. The third-order valence-electron chi connectivity index (χ3n) is 3.11. The predicted octanol–water partition coefficient (Wildman–Crippen LogP) is -0.256. The van der Waals surface area contributed by atoms with E-state index in [1.807, 2.05) is 0 Å². The minimum atomic E-state index is -1.08. The van der Waals surface area contributed by atoms with E-state index in [2.05, 4.69) is 17.9 Å². The minimum Gasteiger partial charge on any atom is -0.480 e. The van der Waals surface area contributed by atoms with Crippen molar-refractivity contribution in [1.29, 1.82) is 0 Å². The number of hydrogen-bond donors (Lipinski definition) is 3. The Morgan fingerprint density at radius 1 is 1.39 bits per heavy atom. The van der Waals surface area contributed by atoms with Crippen molar-refractivity contribution >= 4 is 30.4 Å². The monoisotopic (exact) mass is 274 g/mol. The molecule has 2 N–H and O–H groups in total. The van der Waals surface area contributed by atoms with E-state index in [1.54, 1.807) is 4.90 Å². The molecule has 1 saturated heterocycles. The lowest BCUT2D eigenvalue weighted by Crippen LogP contribution is -2.48. The van der Waals surface area contributed by atoms with Gasteiger partial charge in [-0.15, -0.1) is 0 Å². The molecule has 102 valence electrons. The molecular formula is C11H18N2O4S. The Kier molecular flexibility index (Phi) is 5.46. The highest BCUT2D eigenvalue weighted by Crippen LogP contribution is 2.17. The molecule has 1 aliphatic heterocycles. The summed E-state index contributed by atoms with van der Waals surface area (Å²) in [5.41, 5.74) is 0. The van der Waals surface area contributed by atoms with Gasteiger partial charge in [0.2, 0.25) is 11.8 Å². The van der Waals surface area contributed by atoms with Crippen molar-refractivity contribution in [3.8, 4) is 0 Å². The Hall–Kier alpha value is -1.24. The number of carboxylic acid groups (broad SMARTS) is 1. The van der Waals surface area contributed by atoms with Crippen molar-refractivity contribution in [2.75, 3.05) is 18.8 Å². The third-order valence-corrected chi connectivity index (χ3v) is 3.47. The number of piperidine rings is 1. The maximum absolute atomic E-state index is 11.8. The highest BCUT2D eigenvalue weighted by Gasteiger charge is 2.28. The molecule has 7 heteroatoms. The number of amides is 2. The molecule has 2 amide bonds. The Balaban J connectivity index is 2.45. The van der Waals surface area contributed by atoms with Crippen LogP contribution in [0.25, 0.3) is 0 Å². The smallest absolute Gasteiger partial charge is 0.327 e. The summed E-state index contributed by atoms with van der Waals surface area (Å²) in [6, 6.07) is -0.952. The molecule has 1 rings (SSSR count). The van der Waals surface area contributed by atoms with E-state index in [1.165, 1.54) is 6.92 Å². The quantitative estimate of drug-likeness (QED) is 0.617. The molecule has 1 unspecified atom stereocenters. The van der Waals surface area contributed by atoms with Gasteiger partial charge in [0.15, 0.2) is 0 Å². The van der Waals surface area contributed by atoms with E-state index in [4.69, 9.17) is 5.11 Å². The van der Waals surface area contributed by atoms with Crippen molar-refractivity contribution in [2.24, 2.45) is 5.92 Å². The van der Waals surface area contributed by atoms with E-state index in [0.29, 0.717) is 25.9 Å². The molecule has 18 heavy (non-hydrogen) atoms. The molecule has 6 nitrogen and oxygen atoms in total. The van der Waals surface area contributed by atoms with Crippen molar-refractivity contribution in [3.63, 3.8) is 0 Å². The molecule has 0 aromatic carbocycles. The van der Waals surface area contributed by atoms with Crippen LogP contribution >= 0.6 is 12.6 Å². The number of carboxylic acids is 1. The van der Waals surface area contributed by atoms with Crippen LogP contribution in [0, 0.1) is 5.92 Å². The number of aliphatic carboxylic acids is 1. The van der Waals surface area contributed by atoms with E-state index < -0.39 is 12.0 Å². The van der Waals surface area contributed by atoms with Gasteiger partial charge < -0.3 is 15.3 Å². The number of likely N-dealkylation sites (tertiary alicyclic amines) is 1. The first-order valence-corrected chi connectivity index (χ1v) is 6.48. The molecular weight excluding hydrogens is 256 g/mol. The molecule has 0 spiro atoms. The molecule has 0 bridgehead atoms. The topological polar surface area (TPSA) is 86.7 Å². The van der Waals surface area contributed by atoms with E-state index in [9.17, 15) is 14.4 Å². The Bertz CT molecular complexity index is 340. The molecule has 0 radical (unpaired) electrons. The highest BCUT2D eigenvalue weighted by atomic mass is 32.1. The molecule has 1 heterocycles. The van der Waals surface area contributed by atoms with Gasteiger partial charge in [-0.25, -0.2) is 4.79 Å². The average Bonchev–Trinajstić information content (AvgIpc) is 2.35. The third kappa shape index (κ3) is 3.90. The first kappa shape index (κ1) is 14.8. The Labute approximate surface area is 111 Å². The van der Waals surface area contributed by atoms with Gasteiger partial charge >= 0.3 is 5.97 Å². The summed E-state index contributed by atoms with van der Waals surface area (Å²) in [6.45, 7) is 2.60. The van der Waals surface area contributed by atoms with Gasteiger partial charge in [-0.3, -0.25) is 9.59 Å². The zero-order valence-electron chi connectivity index (χ0n) is 10.3. The molecule has 0 aliphatic carbocycles. The fourth-order valence-electron chi connectivity index (χ4n) is 1.93. The molecule has 0 saturated carbocycles. The molecule has 0 aromatic heterocycles. The number of nitrogens with zero attached hydrogens (tertiary/aromatic N) is 1. The standard InChI is InChI=1S/C11H18N2O4S/c1-7(14)13-4-2-8(3-5-13)10(15)12-9(6-18)11(16)17/h8-9,18H,2-6H2,1H3,(H,12,15)(H,16,17). The Morgan fingerprint density at radius 2 is 1.94 bits per heavy atom. The summed E-state index contributed by atoms with van der Waals surface area (Å²) in [5.74, 6) is -1.50. The van der Waals surface area contributed by atoms with Crippen molar-refractivity contribution in [2.45, 2.75) is 25.8 Å². The molecule has 1 aliphatic rings. The minimum absolute atomic E-state index is 0.00706. The van der Waals surface area contributed by atoms with Crippen LogP contribution in [0.4, 0.5) is 0 Å². The van der Waals surface area contributed by atoms with Crippen molar-refractivity contribution in [1.82, 2.24) is 10.2 Å². The van der Waals surface area contributed by atoms with Crippen LogP contribution in [0.2, 0.25) is 0 Å². The maximum Gasteiger partial charge on any atom is 0.327 e. The number of hydrogen-bond acceptors (Lipinski definition) is 4. The van der Waals surface area contributed by atoms with E-state index in [0.717, 1.165) is 0 Å². The van der Waals surface area contributed by atoms with Crippen molar-refractivity contribution < 1.29 is 19.5 Å². The largest absolute Gasteiger partial charge is 0.480 e. The van der Waals surface area contributed by atoms with E-state index in [-0.39, 0.29) is 23.5 Å². The average molecular weight is 274 g/mol. The fraction of sp³-hybridized carbons (Fsp3) is 0.727. The summed E-state index contributed by atoms with van der Waals surface area (Å²) < 4.78 is 0. The van der Waals surface area contributed by atoms with Crippen LogP contribution in [-0.4, -0.2) is 52.7 Å². The van der Waals surface area contributed by atoms with Gasteiger partial charge in [0.1, 0.15) is 6.04 Å². The van der Waals surface area contributed by atoms with Gasteiger partial charge in [-0.05, 0) is 12.8 Å². The van der Waals surface area contributed by atoms with Gasteiger partial charge in [-0.2, -0.15) is 12.6 Å². The van der Waals surface area contributed by atoms with Crippen LogP contribution in [0.15, 0.2) is 0 Å². The Morgan fingerprint density at radius 3 is 2.33 bits per heavy atom. The highest BCUT2D eigenvalue weighted by molar-refractivity contribution is 7.80. The number of nitrogens with one attached hydrogen (secondary N) is 1. The van der Waals surface area contributed by atoms with Crippen molar-refractivity contribution in [3.05, 3.63) is 0 Å². The van der Waals surface area contributed by atoms with Gasteiger partial charge in [0.25, 0.3) is 0 Å². The van der Waals surface area contributed by atoms with Crippen LogP contribution in [0.1, 0.15) is 19.8 Å². The maximum atomic E-state index is 11.8. The number of thiol groups is 1. The normalized spacial score (nSPS) is 18.2. The summed E-state index contributed by atoms with van der Waals surface area (Å²) >= 11 is 3.89. The van der Waals surface area contributed by atoms with Crippen LogP contribution in [0.5, 0.6) is 0 Å². The zero-order valence-corrected chi connectivity index (χ0v) is 11.2. The second-order valence-corrected chi connectivity index (χ2v) is 4.73. The lowest BCUT2D eigenvalue weighted by Gasteiger charge is -2.31. The van der Waals surface area contributed by atoms with E-state index >= 15 is 0 Å². The van der Waals surface area contributed by atoms with Gasteiger partial charge in [0.05, 0.1) is 0 Å². The molecule has 1 fully saturated rings. The van der Waals surface area contributed by atoms with Crippen LogP contribution in [0.3, 0.4) is 0 Å². The molecule has 0 aromatic rings. The van der Waals surface area contributed by atoms with Gasteiger partial charge in [0, 0.05) is 31.7 Å². The number of carbonyl (C=O) groups is 3. The first-order chi connectivity index (χ1) is 8.45. The lowest BCUT2D eigenvalue weighted by atomic mass is 9.95. The fourth-order valence-corrected chi connectivity index (χ4v) is 2.18. The second kappa shape index (κ2) is 6.63. The SMILES string of the molecule is CC(=O)N1CCC(C(=O)NC(CS)C(=O)O)CC1. The summed E-state index contributed by atoms with van der Waals surface area (Å²) in [4.78, 5) is 35.4. The number of rotatable bonds is 4. The van der Waals surface area contributed by atoms with Gasteiger partial charge in [-0.1, -0.05) is 0 Å². The zero-order chi connectivity index (χ0) is 13.7. The number of carbonyl (C=O) groups excluding carboxylic acids is 2. The summed E-state index contributed by atoms with van der Waals surface area (Å²) in [5, 5.41) is 11.3. The van der Waals surface area contributed by atoms with Crippen LogP contribution in [-0.2, 0) is 14.4 Å². The van der Waals surface area contributed by atoms with Crippen LogP contribution < -0.4 is 5.32 Å².